The predicted molar refractivity (Wildman–Crippen MR) is 57.8 cm³/mol. The lowest BCUT2D eigenvalue weighted by Gasteiger charge is -2.11. The Morgan fingerprint density at radius 3 is 2.20 bits per heavy atom. The number of hydrogen-bond acceptors (Lipinski definition) is 4. The van der Waals surface area contributed by atoms with Crippen molar-refractivity contribution in [2.75, 3.05) is 13.1 Å². The van der Waals surface area contributed by atoms with E-state index >= 15 is 0 Å². The smallest absolute Gasteiger partial charge is 0.329 e. The van der Waals surface area contributed by atoms with E-state index in [-0.39, 0.29) is 24.3 Å². The third-order valence-corrected chi connectivity index (χ3v) is 2.19. The SMILES string of the molecule is Cc1cc(=O)n(CCN)c(=O)n1CCN. The van der Waals surface area contributed by atoms with Crippen LogP contribution in [0.4, 0.5) is 0 Å². The maximum Gasteiger partial charge on any atom is 0.331 e. The van der Waals surface area contributed by atoms with Gasteiger partial charge in [-0.15, -0.1) is 0 Å². The zero-order chi connectivity index (χ0) is 11.4. The fourth-order valence-corrected chi connectivity index (χ4v) is 1.46. The van der Waals surface area contributed by atoms with E-state index in [9.17, 15) is 9.59 Å². The first-order chi connectivity index (χ1) is 7.11. The van der Waals surface area contributed by atoms with Crippen molar-refractivity contribution in [3.63, 3.8) is 0 Å². The van der Waals surface area contributed by atoms with Gasteiger partial charge in [0.25, 0.3) is 5.56 Å². The summed E-state index contributed by atoms with van der Waals surface area (Å²) >= 11 is 0. The third kappa shape index (κ3) is 2.34. The minimum atomic E-state index is -0.337. The van der Waals surface area contributed by atoms with Crippen LogP contribution < -0.4 is 22.7 Å². The topological polar surface area (TPSA) is 96.0 Å². The Balaban J connectivity index is 3.36. The monoisotopic (exact) mass is 212 g/mol. The van der Waals surface area contributed by atoms with Crippen molar-refractivity contribution in [3.05, 3.63) is 32.6 Å². The van der Waals surface area contributed by atoms with Gasteiger partial charge < -0.3 is 11.5 Å². The van der Waals surface area contributed by atoms with E-state index in [2.05, 4.69) is 0 Å². The summed E-state index contributed by atoms with van der Waals surface area (Å²) < 4.78 is 2.61. The van der Waals surface area contributed by atoms with Crippen LogP contribution in [0, 0.1) is 6.92 Å². The zero-order valence-corrected chi connectivity index (χ0v) is 8.77. The molecule has 0 aliphatic heterocycles. The van der Waals surface area contributed by atoms with Crippen molar-refractivity contribution < 1.29 is 0 Å². The molecule has 0 aromatic carbocycles. The van der Waals surface area contributed by atoms with Gasteiger partial charge in [0.1, 0.15) is 0 Å². The molecule has 0 radical (unpaired) electrons. The van der Waals surface area contributed by atoms with Gasteiger partial charge in [0.05, 0.1) is 0 Å². The lowest BCUT2D eigenvalue weighted by molar-refractivity contribution is 0.548. The maximum absolute atomic E-state index is 11.8. The molecule has 1 aromatic rings. The van der Waals surface area contributed by atoms with Gasteiger partial charge in [-0.05, 0) is 6.92 Å². The molecule has 6 heteroatoms. The van der Waals surface area contributed by atoms with E-state index < -0.39 is 0 Å². The van der Waals surface area contributed by atoms with Crippen LogP contribution in [-0.2, 0) is 13.1 Å². The lowest BCUT2D eigenvalue weighted by atomic mass is 10.4. The van der Waals surface area contributed by atoms with Crippen LogP contribution >= 0.6 is 0 Å². The summed E-state index contributed by atoms with van der Waals surface area (Å²) in [5.41, 5.74) is 10.7. The Morgan fingerprint density at radius 1 is 1.13 bits per heavy atom. The van der Waals surface area contributed by atoms with E-state index in [1.165, 1.54) is 10.6 Å². The van der Waals surface area contributed by atoms with Crippen molar-refractivity contribution in [3.8, 4) is 0 Å². The number of aromatic nitrogens is 2. The minimum Gasteiger partial charge on any atom is -0.329 e. The second-order valence-corrected chi connectivity index (χ2v) is 3.29. The molecule has 0 spiro atoms. The Labute approximate surface area is 87.1 Å². The Morgan fingerprint density at radius 2 is 1.67 bits per heavy atom. The highest BCUT2D eigenvalue weighted by molar-refractivity contribution is 5.00. The summed E-state index contributed by atoms with van der Waals surface area (Å²) in [5, 5.41) is 0. The molecule has 1 heterocycles. The highest BCUT2D eigenvalue weighted by atomic mass is 16.2. The average Bonchev–Trinajstić information content (AvgIpc) is 2.19. The molecule has 84 valence electrons. The van der Waals surface area contributed by atoms with Crippen LogP contribution in [0.1, 0.15) is 5.69 Å². The molecule has 0 aliphatic carbocycles. The number of aryl methyl sites for hydroxylation is 1. The van der Waals surface area contributed by atoms with Gasteiger partial charge in [0, 0.05) is 37.9 Å². The van der Waals surface area contributed by atoms with E-state index in [4.69, 9.17) is 11.5 Å². The molecular weight excluding hydrogens is 196 g/mol. The quantitative estimate of drug-likeness (QED) is 0.617. The molecule has 0 unspecified atom stereocenters. The number of nitrogens with zero attached hydrogens (tertiary/aromatic N) is 2. The molecule has 0 saturated carbocycles. The molecule has 0 amide bonds. The Bertz CT molecular complexity index is 446. The van der Waals surface area contributed by atoms with Crippen LogP contribution in [-0.4, -0.2) is 22.2 Å². The lowest BCUT2D eigenvalue weighted by Crippen LogP contribution is -2.42. The van der Waals surface area contributed by atoms with Gasteiger partial charge in [-0.3, -0.25) is 13.9 Å². The summed E-state index contributed by atoms with van der Waals surface area (Å²) in [6, 6.07) is 1.42. The molecule has 0 bridgehead atoms. The molecule has 4 N–H and O–H groups in total. The Hall–Kier alpha value is -1.40. The van der Waals surface area contributed by atoms with Gasteiger partial charge in [-0.2, -0.15) is 0 Å². The van der Waals surface area contributed by atoms with E-state index in [0.717, 1.165) is 4.57 Å². The molecule has 1 rings (SSSR count). The average molecular weight is 212 g/mol. The largest absolute Gasteiger partial charge is 0.331 e. The van der Waals surface area contributed by atoms with Crippen molar-refractivity contribution in [2.24, 2.45) is 11.5 Å². The first-order valence-electron chi connectivity index (χ1n) is 4.83. The van der Waals surface area contributed by atoms with Gasteiger partial charge in [-0.25, -0.2) is 4.79 Å². The third-order valence-electron chi connectivity index (χ3n) is 2.19. The predicted octanol–water partition coefficient (Wildman–Crippen LogP) is -1.76. The second-order valence-electron chi connectivity index (χ2n) is 3.29. The maximum atomic E-state index is 11.8. The summed E-state index contributed by atoms with van der Waals surface area (Å²) in [5.74, 6) is 0. The van der Waals surface area contributed by atoms with Crippen molar-refractivity contribution in [1.29, 1.82) is 0 Å². The van der Waals surface area contributed by atoms with Gasteiger partial charge >= 0.3 is 5.69 Å². The second kappa shape index (κ2) is 4.90. The summed E-state index contributed by atoms with van der Waals surface area (Å²) in [4.78, 5) is 23.3. The van der Waals surface area contributed by atoms with Crippen LogP contribution in [0.25, 0.3) is 0 Å². The van der Waals surface area contributed by atoms with Crippen LogP contribution in [0.15, 0.2) is 15.7 Å². The summed E-state index contributed by atoms with van der Waals surface area (Å²) in [7, 11) is 0. The van der Waals surface area contributed by atoms with Crippen LogP contribution in [0.2, 0.25) is 0 Å². The van der Waals surface area contributed by atoms with E-state index in [1.54, 1.807) is 6.92 Å². The summed E-state index contributed by atoms with van der Waals surface area (Å²) in [6.45, 7) is 2.99. The van der Waals surface area contributed by atoms with Gasteiger partial charge in [0.2, 0.25) is 0 Å². The minimum absolute atomic E-state index is 0.239. The molecule has 0 atom stereocenters. The first kappa shape index (κ1) is 11.7. The number of rotatable bonds is 4. The highest BCUT2D eigenvalue weighted by Gasteiger charge is 2.06. The highest BCUT2D eigenvalue weighted by Crippen LogP contribution is 1.88. The molecule has 15 heavy (non-hydrogen) atoms. The molecule has 0 fully saturated rings. The standard InChI is InChI=1S/C9H16N4O2/c1-7-6-8(14)13(5-3-11)9(15)12(7)4-2-10/h6H,2-5,10-11H2,1H3. The van der Waals surface area contributed by atoms with Crippen LogP contribution in [0.5, 0.6) is 0 Å². The number of nitrogens with two attached hydrogens (primary N) is 2. The van der Waals surface area contributed by atoms with E-state index in [0.29, 0.717) is 18.8 Å². The van der Waals surface area contributed by atoms with Gasteiger partial charge in [-0.1, -0.05) is 0 Å². The van der Waals surface area contributed by atoms with Crippen molar-refractivity contribution >= 4 is 0 Å². The normalized spacial score (nSPS) is 10.6. The van der Waals surface area contributed by atoms with Gasteiger partial charge in [0.15, 0.2) is 0 Å². The summed E-state index contributed by atoms with van der Waals surface area (Å²) in [6.07, 6.45) is 0. The Kier molecular flexibility index (Phi) is 3.81. The fourth-order valence-electron chi connectivity index (χ4n) is 1.46. The molecule has 1 aromatic heterocycles. The van der Waals surface area contributed by atoms with Crippen molar-refractivity contribution in [2.45, 2.75) is 20.0 Å². The van der Waals surface area contributed by atoms with Crippen LogP contribution in [0.3, 0.4) is 0 Å². The van der Waals surface area contributed by atoms with E-state index in [1.807, 2.05) is 0 Å². The molecule has 0 aliphatic rings. The first-order valence-corrected chi connectivity index (χ1v) is 4.83. The molecule has 6 nitrogen and oxygen atoms in total. The molecular formula is C9H16N4O2. The molecule has 0 saturated heterocycles. The number of hydrogen-bond donors (Lipinski definition) is 2. The van der Waals surface area contributed by atoms with Crippen molar-refractivity contribution in [1.82, 2.24) is 9.13 Å². The zero-order valence-electron chi connectivity index (χ0n) is 8.77. The fraction of sp³-hybridized carbons (Fsp3) is 0.556.